The minimum absolute atomic E-state index is 0.497. The largest absolute Gasteiger partial charge is 0.313 e. The lowest BCUT2D eigenvalue weighted by molar-refractivity contribution is 0.214. The number of nitrogens with one attached hydrogen (secondary N) is 1. The summed E-state index contributed by atoms with van der Waals surface area (Å²) in [5.41, 5.74) is 1.43. The fourth-order valence-corrected chi connectivity index (χ4v) is 6.15. The number of rotatable bonds is 4. The summed E-state index contributed by atoms with van der Waals surface area (Å²) < 4.78 is 2.49. The van der Waals surface area contributed by atoms with Gasteiger partial charge in [-0.25, -0.2) is 0 Å². The lowest BCUT2D eigenvalue weighted by Gasteiger charge is -2.34. The van der Waals surface area contributed by atoms with Gasteiger partial charge in [-0.15, -0.1) is 11.3 Å². The molecule has 0 spiro atoms. The van der Waals surface area contributed by atoms with Gasteiger partial charge in [-0.1, -0.05) is 26.2 Å². The Morgan fingerprint density at radius 1 is 1.44 bits per heavy atom. The lowest BCUT2D eigenvalue weighted by Crippen LogP contribution is -2.29. The summed E-state index contributed by atoms with van der Waals surface area (Å²) in [6.07, 6.45) is 6.90. The third-order valence-electron chi connectivity index (χ3n) is 4.20. The van der Waals surface area contributed by atoms with Gasteiger partial charge in [-0.05, 0) is 75.2 Å². The van der Waals surface area contributed by atoms with Gasteiger partial charge in [-0.2, -0.15) is 0 Å². The van der Waals surface area contributed by atoms with Crippen LogP contribution < -0.4 is 5.32 Å². The molecule has 1 heterocycles. The summed E-state index contributed by atoms with van der Waals surface area (Å²) in [6.45, 7) is 2.33. The first kappa shape index (κ1) is 15.0. The second-order valence-electron chi connectivity index (χ2n) is 5.25. The molecular formula is C14H21Br2NS. The van der Waals surface area contributed by atoms with Crippen molar-refractivity contribution in [3.05, 3.63) is 19.2 Å². The normalized spacial score (nSPS) is 26.2. The van der Waals surface area contributed by atoms with Crippen LogP contribution >= 0.6 is 43.2 Å². The van der Waals surface area contributed by atoms with E-state index >= 15 is 0 Å². The van der Waals surface area contributed by atoms with Gasteiger partial charge in [0, 0.05) is 6.04 Å². The van der Waals surface area contributed by atoms with Crippen molar-refractivity contribution in [3.63, 3.8) is 0 Å². The first-order valence-electron chi connectivity index (χ1n) is 6.77. The Morgan fingerprint density at radius 3 is 2.78 bits per heavy atom. The molecule has 1 aromatic heterocycles. The maximum absolute atomic E-state index is 3.71. The smallest absolute Gasteiger partial charge is 0.0758 e. The van der Waals surface area contributed by atoms with Gasteiger partial charge in [0.1, 0.15) is 0 Å². The summed E-state index contributed by atoms with van der Waals surface area (Å²) in [6, 6.07) is 2.77. The van der Waals surface area contributed by atoms with Crippen molar-refractivity contribution in [2.24, 2.45) is 11.8 Å². The Kier molecular flexibility index (Phi) is 5.73. The average Bonchev–Trinajstić information content (AvgIpc) is 2.70. The van der Waals surface area contributed by atoms with Crippen molar-refractivity contribution in [1.29, 1.82) is 0 Å². The molecule has 1 nitrogen and oxygen atoms in total. The van der Waals surface area contributed by atoms with E-state index in [0.717, 1.165) is 11.8 Å². The molecule has 1 aliphatic carbocycles. The number of halogens is 2. The quantitative estimate of drug-likeness (QED) is 0.685. The Morgan fingerprint density at radius 2 is 2.22 bits per heavy atom. The third-order valence-corrected chi connectivity index (χ3v) is 6.59. The van der Waals surface area contributed by atoms with E-state index in [1.54, 1.807) is 11.3 Å². The van der Waals surface area contributed by atoms with Crippen LogP contribution in [0.2, 0.25) is 0 Å². The number of hydrogen-bond donors (Lipinski definition) is 1. The fourth-order valence-electron chi connectivity index (χ4n) is 3.22. The molecule has 1 fully saturated rings. The second kappa shape index (κ2) is 6.87. The third kappa shape index (κ3) is 3.38. The zero-order valence-corrected chi connectivity index (χ0v) is 15.0. The first-order chi connectivity index (χ1) is 8.65. The highest BCUT2D eigenvalue weighted by Gasteiger charge is 2.29. The van der Waals surface area contributed by atoms with Crippen molar-refractivity contribution < 1.29 is 0 Å². The van der Waals surface area contributed by atoms with Gasteiger partial charge < -0.3 is 5.32 Å². The molecule has 0 saturated heterocycles. The van der Waals surface area contributed by atoms with Crippen LogP contribution in [-0.4, -0.2) is 7.05 Å². The summed E-state index contributed by atoms with van der Waals surface area (Å²) in [4.78, 5) is 0. The van der Waals surface area contributed by atoms with E-state index in [4.69, 9.17) is 0 Å². The van der Waals surface area contributed by atoms with Gasteiger partial charge >= 0.3 is 0 Å². The Labute approximate surface area is 131 Å². The van der Waals surface area contributed by atoms with Crippen LogP contribution in [-0.2, 0) is 0 Å². The predicted octanol–water partition coefficient (Wildman–Crippen LogP) is 5.75. The lowest BCUT2D eigenvalue weighted by atomic mass is 9.75. The van der Waals surface area contributed by atoms with E-state index in [0.29, 0.717) is 6.04 Å². The number of hydrogen-bond acceptors (Lipinski definition) is 2. The van der Waals surface area contributed by atoms with Crippen LogP contribution in [0.5, 0.6) is 0 Å². The van der Waals surface area contributed by atoms with E-state index < -0.39 is 0 Å². The van der Waals surface area contributed by atoms with E-state index in [1.807, 2.05) is 0 Å². The molecule has 1 aromatic rings. The van der Waals surface area contributed by atoms with Crippen LogP contribution in [0.3, 0.4) is 0 Å². The van der Waals surface area contributed by atoms with Gasteiger partial charge in [-0.3, -0.25) is 0 Å². The maximum Gasteiger partial charge on any atom is 0.0758 e. The molecule has 102 valence electrons. The average molecular weight is 395 g/mol. The van der Waals surface area contributed by atoms with Gasteiger partial charge in [0.25, 0.3) is 0 Å². The Balaban J connectivity index is 2.15. The van der Waals surface area contributed by atoms with Crippen LogP contribution in [0.1, 0.15) is 50.6 Å². The van der Waals surface area contributed by atoms with Crippen LogP contribution in [0.15, 0.2) is 13.6 Å². The highest BCUT2D eigenvalue weighted by molar-refractivity contribution is 9.12. The minimum atomic E-state index is 0.497. The van der Waals surface area contributed by atoms with Gasteiger partial charge in [0.05, 0.1) is 7.57 Å². The zero-order chi connectivity index (χ0) is 13.1. The summed E-state index contributed by atoms with van der Waals surface area (Å²) in [5.74, 6) is 1.71. The van der Waals surface area contributed by atoms with Crippen molar-refractivity contribution in [2.75, 3.05) is 7.05 Å². The van der Waals surface area contributed by atoms with E-state index in [1.165, 1.54) is 45.2 Å². The molecule has 0 aromatic carbocycles. The van der Waals surface area contributed by atoms with Crippen LogP contribution in [0, 0.1) is 11.8 Å². The highest BCUT2D eigenvalue weighted by atomic mass is 79.9. The molecule has 2 rings (SSSR count). The van der Waals surface area contributed by atoms with E-state index in [2.05, 4.69) is 57.2 Å². The van der Waals surface area contributed by atoms with Crippen molar-refractivity contribution in [1.82, 2.24) is 5.32 Å². The van der Waals surface area contributed by atoms with Crippen molar-refractivity contribution in [2.45, 2.75) is 45.1 Å². The standard InChI is InChI=1S/C14H21Br2NS/c1-3-9-5-4-6-10(7-9)13(17-2)11-8-12(15)18-14(11)16/h8-10,13,17H,3-7H2,1-2H3. The molecule has 3 unspecified atom stereocenters. The summed E-state index contributed by atoms with van der Waals surface area (Å²) in [5, 5.41) is 3.54. The van der Waals surface area contributed by atoms with E-state index in [-0.39, 0.29) is 0 Å². The molecule has 0 bridgehead atoms. The molecule has 18 heavy (non-hydrogen) atoms. The Hall–Kier alpha value is 0.620. The SMILES string of the molecule is CCC1CCCC(C(NC)c2cc(Br)sc2Br)C1. The molecule has 0 amide bonds. The van der Waals surface area contributed by atoms with Crippen molar-refractivity contribution >= 4 is 43.2 Å². The minimum Gasteiger partial charge on any atom is -0.313 e. The monoisotopic (exact) mass is 393 g/mol. The molecule has 1 N–H and O–H groups in total. The predicted molar refractivity (Wildman–Crippen MR) is 87.3 cm³/mol. The molecule has 0 radical (unpaired) electrons. The molecule has 0 aliphatic heterocycles. The molecule has 3 atom stereocenters. The molecule has 4 heteroatoms. The summed E-state index contributed by atoms with van der Waals surface area (Å²) >= 11 is 9.07. The zero-order valence-electron chi connectivity index (χ0n) is 11.0. The highest BCUT2D eigenvalue weighted by Crippen LogP contribution is 2.43. The molecule has 1 aliphatic rings. The molecule has 1 saturated carbocycles. The van der Waals surface area contributed by atoms with Crippen LogP contribution in [0.4, 0.5) is 0 Å². The van der Waals surface area contributed by atoms with E-state index in [9.17, 15) is 0 Å². The fraction of sp³-hybridized carbons (Fsp3) is 0.714. The summed E-state index contributed by atoms with van der Waals surface area (Å²) in [7, 11) is 2.10. The Bertz CT molecular complexity index is 391. The molecular weight excluding hydrogens is 374 g/mol. The maximum atomic E-state index is 3.71. The van der Waals surface area contributed by atoms with Gasteiger partial charge in [0.2, 0.25) is 0 Å². The van der Waals surface area contributed by atoms with Crippen LogP contribution in [0.25, 0.3) is 0 Å². The second-order valence-corrected chi connectivity index (χ2v) is 9.00. The van der Waals surface area contributed by atoms with Crippen molar-refractivity contribution in [3.8, 4) is 0 Å². The number of thiophene rings is 1. The topological polar surface area (TPSA) is 12.0 Å². The van der Waals surface area contributed by atoms with Gasteiger partial charge in [0.15, 0.2) is 0 Å². The first-order valence-corrected chi connectivity index (χ1v) is 9.18.